The molecule has 4 N–H and O–H groups in total. The van der Waals surface area contributed by atoms with Gasteiger partial charge in [0.15, 0.2) is 0 Å². The van der Waals surface area contributed by atoms with Gasteiger partial charge >= 0.3 is 0 Å². The molecule has 5 nitrogen and oxygen atoms in total. The molecule has 0 aliphatic heterocycles. The maximum absolute atomic E-state index is 8.51. The predicted molar refractivity (Wildman–Crippen MR) is 63.7 cm³/mol. The minimum absolute atomic E-state index is 0.292. The molecular weight excluding hydrogens is 206 g/mol. The van der Waals surface area contributed by atoms with Gasteiger partial charge in [-0.2, -0.15) is 0 Å². The Morgan fingerprint density at radius 1 is 1.56 bits per heavy atom. The average molecular weight is 229 g/mol. The minimum Gasteiger partial charge on any atom is -0.409 e. The number of nitrogens with two attached hydrogens (primary N) is 1. The van der Waals surface area contributed by atoms with Crippen molar-refractivity contribution in [2.75, 3.05) is 6.61 Å². The van der Waals surface area contributed by atoms with Crippen molar-refractivity contribution in [2.24, 2.45) is 10.9 Å². The molecule has 1 atom stereocenters. The van der Waals surface area contributed by atoms with Crippen LogP contribution in [0, 0.1) is 0 Å². The lowest BCUT2D eigenvalue weighted by Crippen LogP contribution is -2.50. The van der Waals surface area contributed by atoms with E-state index in [0.29, 0.717) is 30.4 Å². The van der Waals surface area contributed by atoms with E-state index >= 15 is 0 Å². The predicted octanol–water partition coefficient (Wildman–Crippen LogP) is 1.06. The topological polar surface area (TPSA) is 79.9 Å². The third-order valence-electron chi connectivity index (χ3n) is 3.05. The molecule has 0 radical (unpaired) electrons. The van der Waals surface area contributed by atoms with Gasteiger partial charge in [-0.05, 0) is 26.2 Å². The fraction of sp³-hybridized carbons (Fsp3) is 0.909. The quantitative estimate of drug-likeness (QED) is 0.264. The van der Waals surface area contributed by atoms with Crippen molar-refractivity contribution in [3.63, 3.8) is 0 Å². The summed E-state index contributed by atoms with van der Waals surface area (Å²) in [6.07, 6.45) is 4.14. The van der Waals surface area contributed by atoms with Crippen LogP contribution in [-0.2, 0) is 4.74 Å². The van der Waals surface area contributed by atoms with Gasteiger partial charge in [0.05, 0.1) is 6.10 Å². The molecule has 0 heterocycles. The zero-order valence-electron chi connectivity index (χ0n) is 10.1. The summed E-state index contributed by atoms with van der Waals surface area (Å²) in [5, 5.41) is 15.0. The highest BCUT2D eigenvalue weighted by Gasteiger charge is 2.30. The first-order valence-corrected chi connectivity index (χ1v) is 6.03. The van der Waals surface area contributed by atoms with Crippen LogP contribution >= 0.6 is 0 Å². The molecule has 94 valence electrons. The summed E-state index contributed by atoms with van der Waals surface area (Å²) >= 11 is 0. The Labute approximate surface area is 97.0 Å². The molecule has 0 bridgehead atoms. The lowest BCUT2D eigenvalue weighted by atomic mass is 9.88. The fourth-order valence-electron chi connectivity index (χ4n) is 2.02. The second-order valence-electron chi connectivity index (χ2n) is 4.31. The van der Waals surface area contributed by atoms with E-state index in [9.17, 15) is 0 Å². The lowest BCUT2D eigenvalue weighted by Gasteiger charge is -2.37. The SMILES string of the molecule is CCOC1CC(NC(CC)CC(N)=NO)C1. The van der Waals surface area contributed by atoms with Crippen LogP contribution in [0.25, 0.3) is 0 Å². The largest absolute Gasteiger partial charge is 0.409 e. The number of hydrogen-bond acceptors (Lipinski definition) is 4. The first-order chi connectivity index (χ1) is 7.69. The third kappa shape index (κ3) is 3.98. The van der Waals surface area contributed by atoms with Crippen LogP contribution in [0.3, 0.4) is 0 Å². The number of nitrogens with one attached hydrogen (secondary N) is 1. The highest BCUT2D eigenvalue weighted by atomic mass is 16.5. The van der Waals surface area contributed by atoms with Crippen LogP contribution in [0.5, 0.6) is 0 Å². The average Bonchev–Trinajstić information content (AvgIpc) is 2.24. The van der Waals surface area contributed by atoms with Gasteiger partial charge < -0.3 is 21.0 Å². The van der Waals surface area contributed by atoms with Gasteiger partial charge in [-0.3, -0.25) is 0 Å². The molecular formula is C11H23N3O2. The van der Waals surface area contributed by atoms with Gasteiger partial charge in [-0.25, -0.2) is 0 Å². The summed E-state index contributed by atoms with van der Waals surface area (Å²) in [5.74, 6) is 0.292. The van der Waals surface area contributed by atoms with Crippen molar-refractivity contribution >= 4 is 5.84 Å². The van der Waals surface area contributed by atoms with Crippen LogP contribution < -0.4 is 11.1 Å². The monoisotopic (exact) mass is 229 g/mol. The van der Waals surface area contributed by atoms with E-state index in [2.05, 4.69) is 17.4 Å². The number of nitrogens with zero attached hydrogens (tertiary/aromatic N) is 1. The molecule has 1 unspecified atom stereocenters. The summed E-state index contributed by atoms with van der Waals surface area (Å²) < 4.78 is 5.50. The van der Waals surface area contributed by atoms with Gasteiger partial charge in [0.25, 0.3) is 0 Å². The maximum Gasteiger partial charge on any atom is 0.140 e. The molecule has 5 heteroatoms. The van der Waals surface area contributed by atoms with Crippen LogP contribution in [0.15, 0.2) is 5.16 Å². The van der Waals surface area contributed by atoms with Gasteiger partial charge in [0, 0.05) is 25.1 Å². The number of hydrogen-bond donors (Lipinski definition) is 3. The number of rotatable bonds is 7. The molecule has 1 fully saturated rings. The number of amidine groups is 1. The van der Waals surface area contributed by atoms with Crippen LogP contribution in [0.2, 0.25) is 0 Å². The molecule has 16 heavy (non-hydrogen) atoms. The second-order valence-corrected chi connectivity index (χ2v) is 4.31. The second kappa shape index (κ2) is 6.70. The van der Waals surface area contributed by atoms with E-state index in [0.717, 1.165) is 25.9 Å². The van der Waals surface area contributed by atoms with E-state index in [1.165, 1.54) is 0 Å². The molecule has 0 aromatic heterocycles. The summed E-state index contributed by atoms with van der Waals surface area (Å²) in [6, 6.07) is 0.816. The smallest absolute Gasteiger partial charge is 0.140 e. The molecule has 1 saturated carbocycles. The van der Waals surface area contributed by atoms with Crippen molar-refractivity contribution in [3.05, 3.63) is 0 Å². The summed E-state index contributed by atoms with van der Waals surface area (Å²) in [6.45, 7) is 4.91. The molecule has 1 aliphatic carbocycles. The first-order valence-electron chi connectivity index (χ1n) is 6.03. The lowest BCUT2D eigenvalue weighted by molar-refractivity contribution is -0.0123. The van der Waals surface area contributed by atoms with Crippen LogP contribution in [0.4, 0.5) is 0 Å². The highest BCUT2D eigenvalue weighted by molar-refractivity contribution is 5.80. The van der Waals surface area contributed by atoms with Crippen molar-refractivity contribution in [1.29, 1.82) is 0 Å². The minimum atomic E-state index is 0.292. The summed E-state index contributed by atoms with van der Waals surface area (Å²) in [5.41, 5.74) is 5.49. The van der Waals surface area contributed by atoms with E-state index in [1.807, 2.05) is 6.92 Å². The van der Waals surface area contributed by atoms with Gasteiger partial charge in [0.2, 0.25) is 0 Å². The number of oxime groups is 1. The summed E-state index contributed by atoms with van der Waals surface area (Å²) in [7, 11) is 0. The molecule has 0 amide bonds. The van der Waals surface area contributed by atoms with Crippen molar-refractivity contribution < 1.29 is 9.94 Å². The Hall–Kier alpha value is -0.810. The van der Waals surface area contributed by atoms with Crippen molar-refractivity contribution in [3.8, 4) is 0 Å². The van der Waals surface area contributed by atoms with E-state index < -0.39 is 0 Å². The van der Waals surface area contributed by atoms with Crippen molar-refractivity contribution in [1.82, 2.24) is 5.32 Å². The Kier molecular flexibility index (Phi) is 5.55. The first kappa shape index (κ1) is 13.3. The third-order valence-corrected chi connectivity index (χ3v) is 3.05. The zero-order valence-corrected chi connectivity index (χ0v) is 10.1. The molecule has 0 aromatic rings. The number of ether oxygens (including phenoxy) is 1. The van der Waals surface area contributed by atoms with E-state index in [1.54, 1.807) is 0 Å². The Bertz CT molecular complexity index is 227. The summed E-state index contributed by atoms with van der Waals surface area (Å²) in [4.78, 5) is 0. The fourth-order valence-corrected chi connectivity index (χ4v) is 2.02. The Morgan fingerprint density at radius 3 is 2.75 bits per heavy atom. The molecule has 1 aliphatic rings. The standard InChI is InChI=1S/C11H23N3O2/c1-3-8(7-11(12)14-15)13-9-5-10(6-9)16-4-2/h8-10,13,15H,3-7H2,1-2H3,(H2,12,14). The van der Waals surface area contributed by atoms with Gasteiger partial charge in [-0.15, -0.1) is 0 Å². The molecule has 1 rings (SSSR count). The molecule has 0 spiro atoms. The maximum atomic E-state index is 8.51. The Morgan fingerprint density at radius 2 is 2.25 bits per heavy atom. The van der Waals surface area contributed by atoms with Crippen LogP contribution in [0.1, 0.15) is 39.5 Å². The van der Waals surface area contributed by atoms with Crippen LogP contribution in [-0.4, -0.2) is 35.8 Å². The van der Waals surface area contributed by atoms with Gasteiger partial charge in [-0.1, -0.05) is 12.1 Å². The van der Waals surface area contributed by atoms with E-state index in [-0.39, 0.29) is 0 Å². The van der Waals surface area contributed by atoms with E-state index in [4.69, 9.17) is 15.7 Å². The van der Waals surface area contributed by atoms with Gasteiger partial charge in [0.1, 0.15) is 5.84 Å². The zero-order chi connectivity index (χ0) is 12.0. The molecule has 0 aromatic carbocycles. The van der Waals surface area contributed by atoms with Crippen molar-refractivity contribution in [2.45, 2.75) is 57.7 Å². The normalized spacial score (nSPS) is 27.5. The Balaban J connectivity index is 2.20. The highest BCUT2D eigenvalue weighted by Crippen LogP contribution is 2.24. The molecule has 0 saturated heterocycles.